The van der Waals surface area contributed by atoms with Crippen molar-refractivity contribution in [3.05, 3.63) is 0 Å². The maximum Gasteiger partial charge on any atom is 0.242 e. The fraction of sp³-hybridized carbons (Fsp3) is 0.923. The van der Waals surface area contributed by atoms with E-state index in [9.17, 15) is 4.79 Å². The van der Waals surface area contributed by atoms with Gasteiger partial charge in [0.15, 0.2) is 0 Å². The first-order chi connectivity index (χ1) is 7.68. The van der Waals surface area contributed by atoms with E-state index in [1.165, 1.54) is 12.8 Å². The fourth-order valence-electron chi connectivity index (χ4n) is 3.12. The summed E-state index contributed by atoms with van der Waals surface area (Å²) in [4.78, 5) is 14.7. The molecule has 0 radical (unpaired) electrons. The molecule has 2 unspecified atom stereocenters. The van der Waals surface area contributed by atoms with Crippen molar-refractivity contribution in [2.75, 3.05) is 19.6 Å². The number of piperidine rings is 1. The van der Waals surface area contributed by atoms with E-state index in [2.05, 4.69) is 24.1 Å². The number of rotatable bonds is 2. The molecule has 92 valence electrons. The lowest BCUT2D eigenvalue weighted by atomic mass is 9.90. The Hall–Kier alpha value is -0.570. The summed E-state index contributed by atoms with van der Waals surface area (Å²) in [5.41, 5.74) is -0.225. The molecule has 0 aromatic heterocycles. The molecular formula is C13H24N2O. The second-order valence-corrected chi connectivity index (χ2v) is 5.46. The van der Waals surface area contributed by atoms with Crippen molar-refractivity contribution in [1.82, 2.24) is 10.2 Å². The molecule has 1 N–H and O–H groups in total. The lowest BCUT2D eigenvalue weighted by Crippen LogP contribution is -2.56. The van der Waals surface area contributed by atoms with Crippen LogP contribution in [-0.2, 0) is 4.79 Å². The van der Waals surface area contributed by atoms with Crippen molar-refractivity contribution < 1.29 is 4.79 Å². The number of amides is 1. The Morgan fingerprint density at radius 2 is 2.31 bits per heavy atom. The summed E-state index contributed by atoms with van der Waals surface area (Å²) in [6.45, 7) is 7.31. The molecule has 2 atom stereocenters. The van der Waals surface area contributed by atoms with Gasteiger partial charge in [-0.2, -0.15) is 0 Å². The summed E-state index contributed by atoms with van der Waals surface area (Å²) in [7, 11) is 0. The Kier molecular flexibility index (Phi) is 3.53. The average Bonchev–Trinajstić information content (AvgIpc) is 2.78. The molecule has 16 heavy (non-hydrogen) atoms. The second-order valence-electron chi connectivity index (χ2n) is 5.46. The molecule has 2 rings (SSSR count). The highest BCUT2D eigenvalue weighted by Crippen LogP contribution is 2.27. The number of nitrogens with one attached hydrogen (secondary N) is 1. The van der Waals surface area contributed by atoms with Crippen LogP contribution in [-0.4, -0.2) is 36.0 Å². The van der Waals surface area contributed by atoms with E-state index in [-0.39, 0.29) is 5.54 Å². The van der Waals surface area contributed by atoms with Crippen LogP contribution in [0.1, 0.15) is 46.0 Å². The van der Waals surface area contributed by atoms with Gasteiger partial charge in [-0.05, 0) is 44.6 Å². The standard InChI is InChI=1S/C13H24N2O/c1-3-13(7-5-8-14-13)12(16)15-9-4-6-11(2)10-15/h11,14H,3-10H2,1-2H3. The predicted molar refractivity (Wildman–Crippen MR) is 65.2 cm³/mol. The largest absolute Gasteiger partial charge is 0.341 e. The first-order valence-electron chi connectivity index (χ1n) is 6.72. The van der Waals surface area contributed by atoms with Crippen molar-refractivity contribution >= 4 is 5.91 Å². The lowest BCUT2D eigenvalue weighted by Gasteiger charge is -2.38. The van der Waals surface area contributed by atoms with Crippen LogP contribution in [0, 0.1) is 5.92 Å². The van der Waals surface area contributed by atoms with Gasteiger partial charge >= 0.3 is 0 Å². The Morgan fingerprint density at radius 3 is 2.88 bits per heavy atom. The highest BCUT2D eigenvalue weighted by Gasteiger charge is 2.42. The zero-order valence-electron chi connectivity index (χ0n) is 10.6. The molecule has 2 fully saturated rings. The minimum absolute atomic E-state index is 0.225. The maximum atomic E-state index is 12.6. The van der Waals surface area contributed by atoms with Crippen LogP contribution in [0.4, 0.5) is 0 Å². The number of hydrogen-bond donors (Lipinski definition) is 1. The number of hydrogen-bond acceptors (Lipinski definition) is 2. The van der Waals surface area contributed by atoms with Crippen molar-refractivity contribution in [2.24, 2.45) is 5.92 Å². The molecular weight excluding hydrogens is 200 g/mol. The monoisotopic (exact) mass is 224 g/mol. The average molecular weight is 224 g/mol. The van der Waals surface area contributed by atoms with E-state index in [0.29, 0.717) is 11.8 Å². The first-order valence-corrected chi connectivity index (χ1v) is 6.72. The Bertz CT molecular complexity index is 259. The third-order valence-electron chi connectivity index (χ3n) is 4.20. The summed E-state index contributed by atoms with van der Waals surface area (Å²) in [5, 5.41) is 3.44. The molecule has 2 saturated heterocycles. The highest BCUT2D eigenvalue weighted by atomic mass is 16.2. The lowest BCUT2D eigenvalue weighted by molar-refractivity contribution is -0.139. The molecule has 3 nitrogen and oxygen atoms in total. The summed E-state index contributed by atoms with van der Waals surface area (Å²) in [6, 6.07) is 0. The number of carbonyl (C=O) groups is 1. The minimum atomic E-state index is -0.225. The summed E-state index contributed by atoms with van der Waals surface area (Å²) < 4.78 is 0. The van der Waals surface area contributed by atoms with Gasteiger partial charge < -0.3 is 10.2 Å². The number of carbonyl (C=O) groups excluding carboxylic acids is 1. The van der Waals surface area contributed by atoms with Crippen LogP contribution >= 0.6 is 0 Å². The molecule has 2 aliphatic rings. The van der Waals surface area contributed by atoms with E-state index in [4.69, 9.17) is 0 Å². The third kappa shape index (κ3) is 2.10. The van der Waals surface area contributed by atoms with Crippen molar-refractivity contribution in [3.8, 4) is 0 Å². The smallest absolute Gasteiger partial charge is 0.242 e. The maximum absolute atomic E-state index is 12.6. The van der Waals surface area contributed by atoms with E-state index < -0.39 is 0 Å². The van der Waals surface area contributed by atoms with Gasteiger partial charge in [0.1, 0.15) is 0 Å². The van der Waals surface area contributed by atoms with Gasteiger partial charge in [0.25, 0.3) is 0 Å². The van der Waals surface area contributed by atoms with Crippen LogP contribution in [0.3, 0.4) is 0 Å². The topological polar surface area (TPSA) is 32.3 Å². The Morgan fingerprint density at radius 1 is 1.50 bits per heavy atom. The molecule has 0 aliphatic carbocycles. The molecule has 0 saturated carbocycles. The van der Waals surface area contributed by atoms with Crippen LogP contribution in [0.5, 0.6) is 0 Å². The zero-order chi connectivity index (χ0) is 11.6. The molecule has 2 aliphatic heterocycles. The second kappa shape index (κ2) is 4.74. The van der Waals surface area contributed by atoms with Crippen LogP contribution in [0.25, 0.3) is 0 Å². The molecule has 0 bridgehead atoms. The van der Waals surface area contributed by atoms with Gasteiger partial charge in [0.2, 0.25) is 5.91 Å². The van der Waals surface area contributed by atoms with Crippen molar-refractivity contribution in [2.45, 2.75) is 51.5 Å². The number of likely N-dealkylation sites (tertiary alicyclic amines) is 1. The van der Waals surface area contributed by atoms with Gasteiger partial charge in [-0.3, -0.25) is 4.79 Å². The minimum Gasteiger partial charge on any atom is -0.341 e. The molecule has 0 spiro atoms. The third-order valence-corrected chi connectivity index (χ3v) is 4.20. The summed E-state index contributed by atoms with van der Waals surface area (Å²) in [6.07, 6.45) is 5.54. The highest BCUT2D eigenvalue weighted by molar-refractivity contribution is 5.86. The fourth-order valence-corrected chi connectivity index (χ4v) is 3.12. The Labute approximate surface area is 98.6 Å². The van der Waals surface area contributed by atoms with Gasteiger partial charge in [-0.15, -0.1) is 0 Å². The van der Waals surface area contributed by atoms with Crippen molar-refractivity contribution in [1.29, 1.82) is 0 Å². The number of nitrogens with zero attached hydrogens (tertiary/aromatic N) is 1. The SMILES string of the molecule is CCC1(C(=O)N2CCCC(C)C2)CCCN1. The predicted octanol–water partition coefficient (Wildman–Crippen LogP) is 1.78. The van der Waals surface area contributed by atoms with E-state index in [1.54, 1.807) is 0 Å². The zero-order valence-corrected chi connectivity index (χ0v) is 10.6. The van der Waals surface area contributed by atoms with Crippen LogP contribution in [0.15, 0.2) is 0 Å². The van der Waals surface area contributed by atoms with Gasteiger partial charge in [-0.1, -0.05) is 13.8 Å². The summed E-state index contributed by atoms with van der Waals surface area (Å²) >= 11 is 0. The molecule has 3 heteroatoms. The molecule has 2 heterocycles. The van der Waals surface area contributed by atoms with Gasteiger partial charge in [0, 0.05) is 13.1 Å². The molecule has 1 amide bonds. The van der Waals surface area contributed by atoms with Crippen LogP contribution < -0.4 is 5.32 Å². The molecule has 0 aromatic carbocycles. The Balaban J connectivity index is 2.04. The first kappa shape index (κ1) is 11.9. The van der Waals surface area contributed by atoms with E-state index in [0.717, 1.165) is 38.9 Å². The summed E-state index contributed by atoms with van der Waals surface area (Å²) in [5.74, 6) is 1.03. The quantitative estimate of drug-likeness (QED) is 0.775. The van der Waals surface area contributed by atoms with E-state index in [1.807, 2.05) is 0 Å². The normalized spacial score (nSPS) is 35.4. The van der Waals surface area contributed by atoms with Crippen LogP contribution in [0.2, 0.25) is 0 Å². The van der Waals surface area contributed by atoms with Crippen molar-refractivity contribution in [3.63, 3.8) is 0 Å². The van der Waals surface area contributed by atoms with Gasteiger partial charge in [0.05, 0.1) is 5.54 Å². The van der Waals surface area contributed by atoms with E-state index >= 15 is 0 Å². The molecule has 0 aromatic rings. The van der Waals surface area contributed by atoms with Gasteiger partial charge in [-0.25, -0.2) is 0 Å².